The largest absolute Gasteiger partial charge is 0.378 e. The predicted molar refractivity (Wildman–Crippen MR) is 121 cm³/mol. The third-order valence-electron chi connectivity index (χ3n) is 5.89. The molecule has 29 heavy (non-hydrogen) atoms. The molecule has 0 spiro atoms. The molecule has 3 nitrogen and oxygen atoms in total. The van der Waals surface area contributed by atoms with E-state index in [-0.39, 0.29) is 18.0 Å². The third kappa shape index (κ3) is 3.65. The van der Waals surface area contributed by atoms with Gasteiger partial charge in [0.1, 0.15) is 0 Å². The molecule has 0 aromatic heterocycles. The Morgan fingerprint density at radius 1 is 0.897 bits per heavy atom. The second-order valence-corrected chi connectivity index (χ2v) is 8.15. The van der Waals surface area contributed by atoms with E-state index < -0.39 is 0 Å². The molecule has 148 valence electrons. The number of carbonyl (C=O) groups excluding carboxylic acids is 1. The Morgan fingerprint density at radius 2 is 1.59 bits per heavy atom. The Bertz CT molecular complexity index is 1040. The molecule has 0 bridgehead atoms. The van der Waals surface area contributed by atoms with Crippen molar-refractivity contribution < 1.29 is 4.79 Å². The van der Waals surface area contributed by atoms with E-state index in [4.69, 9.17) is 0 Å². The van der Waals surface area contributed by atoms with Crippen molar-refractivity contribution in [1.29, 1.82) is 0 Å². The number of nitrogens with one attached hydrogen (secondary N) is 1. The Kier molecular flexibility index (Phi) is 5.14. The van der Waals surface area contributed by atoms with E-state index in [0.29, 0.717) is 0 Å². The highest BCUT2D eigenvalue weighted by Crippen LogP contribution is 2.41. The van der Waals surface area contributed by atoms with Crippen LogP contribution in [0.5, 0.6) is 0 Å². The van der Waals surface area contributed by atoms with Gasteiger partial charge < -0.3 is 10.2 Å². The number of hydrogen-bond donors (Lipinski definition) is 1. The van der Waals surface area contributed by atoms with Crippen LogP contribution in [-0.4, -0.2) is 11.9 Å². The molecule has 2 atom stereocenters. The summed E-state index contributed by atoms with van der Waals surface area (Å²) in [6.07, 6.45) is 0.863. The van der Waals surface area contributed by atoms with Gasteiger partial charge in [0.15, 0.2) is 0 Å². The van der Waals surface area contributed by atoms with Crippen LogP contribution in [0.1, 0.15) is 52.0 Å². The molecular formula is C26H28N2O. The number of rotatable bonds is 3. The van der Waals surface area contributed by atoms with Crippen molar-refractivity contribution in [3.8, 4) is 0 Å². The first kappa shape index (κ1) is 19.3. The summed E-state index contributed by atoms with van der Waals surface area (Å²) in [6, 6.07) is 23.0. The van der Waals surface area contributed by atoms with E-state index in [9.17, 15) is 4.79 Å². The minimum absolute atomic E-state index is 0.0833. The van der Waals surface area contributed by atoms with Crippen molar-refractivity contribution in [2.75, 3.05) is 10.2 Å². The van der Waals surface area contributed by atoms with Crippen LogP contribution in [0.25, 0.3) is 0 Å². The van der Waals surface area contributed by atoms with Crippen LogP contribution in [-0.2, 0) is 0 Å². The number of benzene rings is 3. The normalized spacial score (nSPS) is 18.3. The van der Waals surface area contributed by atoms with Crippen LogP contribution in [0.3, 0.4) is 0 Å². The van der Waals surface area contributed by atoms with Crippen LogP contribution in [0.15, 0.2) is 66.7 Å². The summed E-state index contributed by atoms with van der Waals surface area (Å²) in [7, 11) is 0. The van der Waals surface area contributed by atoms with Crippen LogP contribution in [0.4, 0.5) is 11.4 Å². The second-order valence-electron chi connectivity index (χ2n) is 8.15. The molecule has 0 radical (unpaired) electrons. The summed E-state index contributed by atoms with van der Waals surface area (Å²) in [4.78, 5) is 15.6. The first-order valence-electron chi connectivity index (χ1n) is 10.3. The van der Waals surface area contributed by atoms with Gasteiger partial charge >= 0.3 is 0 Å². The van der Waals surface area contributed by atoms with Crippen LogP contribution >= 0.6 is 0 Å². The lowest BCUT2D eigenvalue weighted by atomic mass is 9.88. The summed E-state index contributed by atoms with van der Waals surface area (Å²) >= 11 is 0. The molecular weight excluding hydrogens is 356 g/mol. The summed E-state index contributed by atoms with van der Waals surface area (Å²) in [5.74, 6) is 0.0833. The lowest BCUT2D eigenvalue weighted by Gasteiger charge is -2.41. The van der Waals surface area contributed by atoms with Crippen molar-refractivity contribution in [3.63, 3.8) is 0 Å². The van der Waals surface area contributed by atoms with Gasteiger partial charge in [-0.05, 0) is 69.0 Å². The summed E-state index contributed by atoms with van der Waals surface area (Å²) in [5.41, 5.74) is 7.51. The number of hydrogen-bond acceptors (Lipinski definition) is 2. The SMILES string of the molecule is Cc1ccc(N[C@H]2C[C@@H](C)N(C(=O)c3ccccc3C)c3c(C)cccc32)cc1. The fraction of sp³-hybridized carbons (Fsp3) is 0.269. The van der Waals surface area contributed by atoms with Gasteiger partial charge in [-0.3, -0.25) is 4.79 Å². The van der Waals surface area contributed by atoms with Crippen LogP contribution < -0.4 is 10.2 Å². The van der Waals surface area contributed by atoms with Crippen molar-refractivity contribution in [2.24, 2.45) is 0 Å². The Hall–Kier alpha value is -3.07. The Labute approximate surface area is 173 Å². The average Bonchev–Trinajstić information content (AvgIpc) is 2.70. The molecule has 1 aliphatic rings. The van der Waals surface area contributed by atoms with Crippen LogP contribution in [0.2, 0.25) is 0 Å². The van der Waals surface area contributed by atoms with Gasteiger partial charge in [-0.2, -0.15) is 0 Å². The van der Waals surface area contributed by atoms with Gasteiger partial charge in [0.25, 0.3) is 5.91 Å². The molecule has 3 heteroatoms. The first-order chi connectivity index (χ1) is 14.0. The lowest BCUT2D eigenvalue weighted by Crippen LogP contribution is -2.45. The highest BCUT2D eigenvalue weighted by molar-refractivity contribution is 6.08. The molecule has 1 N–H and O–H groups in total. The maximum atomic E-state index is 13.6. The van der Waals surface area contributed by atoms with E-state index in [2.05, 4.69) is 68.6 Å². The topological polar surface area (TPSA) is 32.3 Å². The lowest BCUT2D eigenvalue weighted by molar-refractivity contribution is 0.0973. The smallest absolute Gasteiger partial charge is 0.258 e. The van der Waals surface area contributed by atoms with E-state index in [0.717, 1.165) is 34.5 Å². The highest BCUT2D eigenvalue weighted by Gasteiger charge is 2.35. The predicted octanol–water partition coefficient (Wildman–Crippen LogP) is 6.20. The molecule has 0 aliphatic carbocycles. The summed E-state index contributed by atoms with van der Waals surface area (Å²) < 4.78 is 0. The Balaban J connectivity index is 1.74. The molecule has 3 aromatic carbocycles. The first-order valence-corrected chi connectivity index (χ1v) is 10.3. The zero-order valence-corrected chi connectivity index (χ0v) is 17.6. The minimum atomic E-state index is 0.0833. The molecule has 1 amide bonds. The molecule has 3 aromatic rings. The number of amides is 1. The molecule has 4 rings (SSSR count). The number of carbonyl (C=O) groups is 1. The number of nitrogens with zero attached hydrogens (tertiary/aromatic N) is 1. The minimum Gasteiger partial charge on any atom is -0.378 e. The number of para-hydroxylation sites is 1. The van der Waals surface area contributed by atoms with Crippen molar-refractivity contribution >= 4 is 17.3 Å². The highest BCUT2D eigenvalue weighted by atomic mass is 16.2. The molecule has 0 saturated heterocycles. The van der Waals surface area contributed by atoms with E-state index in [1.165, 1.54) is 11.1 Å². The van der Waals surface area contributed by atoms with Gasteiger partial charge in [-0.25, -0.2) is 0 Å². The zero-order chi connectivity index (χ0) is 20.5. The molecule has 1 aliphatic heterocycles. The molecule has 0 fully saturated rings. The van der Waals surface area contributed by atoms with Gasteiger partial charge in [-0.1, -0.05) is 54.1 Å². The van der Waals surface area contributed by atoms with Crippen LogP contribution in [0, 0.1) is 20.8 Å². The fourth-order valence-electron chi connectivity index (χ4n) is 4.32. The number of fused-ring (bicyclic) bond motifs is 1. The quantitative estimate of drug-likeness (QED) is 0.583. The zero-order valence-electron chi connectivity index (χ0n) is 17.6. The van der Waals surface area contributed by atoms with Gasteiger partial charge in [0, 0.05) is 17.3 Å². The molecule has 0 saturated carbocycles. The monoisotopic (exact) mass is 384 g/mol. The van der Waals surface area contributed by atoms with Gasteiger partial charge in [-0.15, -0.1) is 0 Å². The van der Waals surface area contributed by atoms with Crippen molar-refractivity contribution in [3.05, 3.63) is 94.5 Å². The van der Waals surface area contributed by atoms with E-state index >= 15 is 0 Å². The standard InChI is InChI=1S/C26H28N2O/c1-17-12-14-21(15-13-17)27-24-16-20(4)28(25-19(3)9-7-11-23(24)25)26(29)22-10-6-5-8-18(22)2/h5-15,20,24,27H,16H2,1-4H3/t20-,24+/m1/s1. The average molecular weight is 385 g/mol. The van der Waals surface area contributed by atoms with Crippen molar-refractivity contribution in [1.82, 2.24) is 0 Å². The second kappa shape index (κ2) is 7.75. The number of anilines is 2. The molecule has 1 heterocycles. The number of aryl methyl sites for hydroxylation is 3. The summed E-state index contributed by atoms with van der Waals surface area (Å²) in [6.45, 7) is 8.34. The fourth-order valence-corrected chi connectivity index (χ4v) is 4.32. The molecule has 0 unspecified atom stereocenters. The Morgan fingerprint density at radius 3 is 2.31 bits per heavy atom. The van der Waals surface area contributed by atoms with E-state index in [1.807, 2.05) is 36.1 Å². The van der Waals surface area contributed by atoms with Crippen molar-refractivity contribution in [2.45, 2.75) is 46.2 Å². The summed E-state index contributed by atoms with van der Waals surface area (Å²) in [5, 5.41) is 3.69. The maximum absolute atomic E-state index is 13.6. The van der Waals surface area contributed by atoms with Gasteiger partial charge in [0.05, 0.1) is 11.7 Å². The third-order valence-corrected chi connectivity index (χ3v) is 5.89. The maximum Gasteiger partial charge on any atom is 0.258 e. The van der Waals surface area contributed by atoms with Gasteiger partial charge in [0.2, 0.25) is 0 Å². The van der Waals surface area contributed by atoms with E-state index in [1.54, 1.807) is 0 Å².